The average molecular weight is 449 g/mol. The lowest BCUT2D eigenvalue weighted by Gasteiger charge is -2.07. The van der Waals surface area contributed by atoms with Crippen LogP contribution in [0, 0.1) is 11.7 Å². The summed E-state index contributed by atoms with van der Waals surface area (Å²) in [6.45, 7) is 0.508. The van der Waals surface area contributed by atoms with Crippen molar-refractivity contribution in [1.29, 1.82) is 0 Å². The summed E-state index contributed by atoms with van der Waals surface area (Å²) >= 11 is 12.3. The molecule has 2 aromatic heterocycles. The highest BCUT2D eigenvalue weighted by molar-refractivity contribution is 6.50. The number of aromatic nitrogens is 3. The van der Waals surface area contributed by atoms with Crippen molar-refractivity contribution in [2.75, 3.05) is 19.0 Å². The second-order valence-corrected chi connectivity index (χ2v) is 8.74. The third-order valence-electron chi connectivity index (χ3n) is 4.86. The fourth-order valence-electron chi connectivity index (χ4n) is 3.22. The van der Waals surface area contributed by atoms with Crippen LogP contribution in [-0.4, -0.2) is 38.7 Å². The van der Waals surface area contributed by atoms with E-state index in [0.717, 1.165) is 16.7 Å². The van der Waals surface area contributed by atoms with E-state index in [0.29, 0.717) is 24.5 Å². The maximum atomic E-state index is 13.4. The summed E-state index contributed by atoms with van der Waals surface area (Å²) < 4.78 is 19.3. The first-order valence-corrected chi connectivity index (χ1v) is 10.1. The summed E-state index contributed by atoms with van der Waals surface area (Å²) in [5.74, 6) is -0.101. The van der Waals surface area contributed by atoms with E-state index in [4.69, 9.17) is 33.0 Å². The van der Waals surface area contributed by atoms with E-state index in [1.807, 2.05) is 12.3 Å². The van der Waals surface area contributed by atoms with E-state index in [-0.39, 0.29) is 24.2 Å². The molecule has 1 aromatic carbocycles. The molecule has 1 fully saturated rings. The average Bonchev–Trinajstić information content (AvgIpc) is 3.10. The van der Waals surface area contributed by atoms with Crippen LogP contribution in [0.2, 0.25) is 0 Å². The molecular weight excluding hydrogens is 430 g/mol. The van der Waals surface area contributed by atoms with Crippen LogP contribution >= 0.6 is 23.2 Å². The summed E-state index contributed by atoms with van der Waals surface area (Å²) in [5, 5.41) is 7.39. The van der Waals surface area contributed by atoms with Crippen molar-refractivity contribution in [1.82, 2.24) is 14.8 Å². The number of hydrogen-bond donors (Lipinski definition) is 1. The Kier molecular flexibility index (Phi) is 5.77. The van der Waals surface area contributed by atoms with Gasteiger partial charge in [-0.05, 0) is 48.4 Å². The molecule has 1 aliphatic rings. The summed E-state index contributed by atoms with van der Waals surface area (Å²) in [4.78, 5) is 16.0. The molecule has 156 valence electrons. The van der Waals surface area contributed by atoms with Gasteiger partial charge in [0, 0.05) is 43.1 Å². The maximum absolute atomic E-state index is 13.4. The topological polar surface area (TPSA) is 69.0 Å². The number of alkyl halides is 2. The van der Waals surface area contributed by atoms with Crippen LogP contribution in [0.15, 0.2) is 48.8 Å². The number of rotatable bonds is 7. The highest BCUT2D eigenvalue weighted by Gasteiger charge is 2.51. The van der Waals surface area contributed by atoms with E-state index in [9.17, 15) is 9.18 Å². The highest BCUT2D eigenvalue weighted by atomic mass is 35.5. The smallest absolute Gasteiger partial charge is 0.251 e. The largest absolute Gasteiger partial charge is 0.375 e. The number of halogens is 3. The number of nitrogens with one attached hydrogen (secondary N) is 1. The molecule has 1 atom stereocenters. The van der Waals surface area contributed by atoms with Gasteiger partial charge in [0.2, 0.25) is 0 Å². The fraction of sp³-hybridized carbons (Fsp3) is 0.286. The predicted molar refractivity (Wildman–Crippen MR) is 114 cm³/mol. The lowest BCUT2D eigenvalue weighted by atomic mass is 10.0. The molecule has 4 rings (SSSR count). The SMILES string of the molecule is COCC(=O)Nc1cc(-c2cn(CC3CC3(Cl)Cl)nc2-c2ccc(F)cc2)ccn1. The second-order valence-electron chi connectivity index (χ2n) is 7.19. The van der Waals surface area contributed by atoms with E-state index >= 15 is 0 Å². The van der Waals surface area contributed by atoms with E-state index in [2.05, 4.69) is 10.3 Å². The highest BCUT2D eigenvalue weighted by Crippen LogP contribution is 2.54. The molecule has 30 heavy (non-hydrogen) atoms. The molecule has 0 aliphatic heterocycles. The molecule has 1 unspecified atom stereocenters. The molecule has 0 spiro atoms. The Bertz CT molecular complexity index is 1070. The predicted octanol–water partition coefficient (Wildman–Crippen LogP) is 4.53. The summed E-state index contributed by atoms with van der Waals surface area (Å²) in [6, 6.07) is 9.73. The Balaban J connectivity index is 1.69. The van der Waals surface area contributed by atoms with Gasteiger partial charge in [-0.1, -0.05) is 0 Å². The number of methoxy groups -OCH3 is 1. The molecule has 9 heteroatoms. The van der Waals surface area contributed by atoms with Gasteiger partial charge >= 0.3 is 0 Å². The minimum Gasteiger partial charge on any atom is -0.375 e. The summed E-state index contributed by atoms with van der Waals surface area (Å²) in [7, 11) is 1.45. The monoisotopic (exact) mass is 448 g/mol. The fourth-order valence-corrected chi connectivity index (χ4v) is 3.73. The number of anilines is 1. The number of ether oxygens (including phenoxy) is 1. The van der Waals surface area contributed by atoms with Crippen LogP contribution in [0.3, 0.4) is 0 Å². The van der Waals surface area contributed by atoms with Gasteiger partial charge < -0.3 is 10.1 Å². The second kappa shape index (κ2) is 8.34. The maximum Gasteiger partial charge on any atom is 0.251 e. The van der Waals surface area contributed by atoms with Gasteiger partial charge in [-0.3, -0.25) is 9.48 Å². The van der Waals surface area contributed by atoms with Crippen LogP contribution in [0.1, 0.15) is 6.42 Å². The molecule has 6 nitrogen and oxygen atoms in total. The summed E-state index contributed by atoms with van der Waals surface area (Å²) in [5.41, 5.74) is 3.08. The molecule has 1 saturated carbocycles. The van der Waals surface area contributed by atoms with E-state index in [1.165, 1.54) is 19.2 Å². The van der Waals surface area contributed by atoms with Crippen molar-refractivity contribution in [3.05, 3.63) is 54.6 Å². The number of amides is 1. The number of carbonyl (C=O) groups excluding carboxylic acids is 1. The molecule has 1 N–H and O–H groups in total. The van der Waals surface area contributed by atoms with Gasteiger partial charge in [-0.15, -0.1) is 23.2 Å². The zero-order valence-electron chi connectivity index (χ0n) is 16.1. The first-order valence-electron chi connectivity index (χ1n) is 9.32. The van der Waals surface area contributed by atoms with Crippen molar-refractivity contribution >= 4 is 34.9 Å². The van der Waals surface area contributed by atoms with E-state index in [1.54, 1.807) is 29.1 Å². The number of pyridine rings is 1. The van der Waals surface area contributed by atoms with Crippen LogP contribution in [0.4, 0.5) is 10.2 Å². The van der Waals surface area contributed by atoms with Gasteiger partial charge in [0.05, 0.1) is 0 Å². The van der Waals surface area contributed by atoms with Gasteiger partial charge in [0.15, 0.2) is 0 Å². The first kappa shape index (κ1) is 20.8. The number of benzene rings is 1. The quantitative estimate of drug-likeness (QED) is 0.539. The standard InChI is InChI=1S/C21H19Cl2FN4O2/c1-30-12-19(29)26-18-8-14(6-7-25-18)17-11-28(10-15-9-21(15,22)23)27-20(17)13-2-4-16(24)5-3-13/h2-8,11,15H,9-10,12H2,1H3,(H,25,26,29). The van der Waals surface area contributed by atoms with Crippen molar-refractivity contribution in [2.45, 2.75) is 17.3 Å². The molecule has 0 saturated heterocycles. The molecule has 3 aromatic rings. The van der Waals surface area contributed by atoms with Crippen LogP contribution in [0.25, 0.3) is 22.4 Å². The molecule has 1 amide bonds. The van der Waals surface area contributed by atoms with Gasteiger partial charge in [0.1, 0.15) is 28.3 Å². The zero-order valence-corrected chi connectivity index (χ0v) is 17.6. The Morgan fingerprint density at radius 1 is 1.30 bits per heavy atom. The Hall–Kier alpha value is -2.48. The molecular formula is C21H19Cl2FN4O2. The third-order valence-corrected chi connectivity index (χ3v) is 5.78. The molecule has 1 aliphatic carbocycles. The Morgan fingerprint density at radius 2 is 2.03 bits per heavy atom. The van der Waals surface area contributed by atoms with E-state index < -0.39 is 4.33 Å². The lowest BCUT2D eigenvalue weighted by molar-refractivity contribution is -0.119. The summed E-state index contributed by atoms with van der Waals surface area (Å²) in [6.07, 6.45) is 4.21. The van der Waals surface area contributed by atoms with Crippen molar-refractivity contribution in [3.8, 4) is 22.4 Å². The van der Waals surface area contributed by atoms with Crippen molar-refractivity contribution in [2.24, 2.45) is 5.92 Å². The molecule has 0 radical (unpaired) electrons. The van der Waals surface area contributed by atoms with Crippen LogP contribution < -0.4 is 5.32 Å². The number of nitrogens with zero attached hydrogens (tertiary/aromatic N) is 3. The van der Waals surface area contributed by atoms with Crippen molar-refractivity contribution in [3.63, 3.8) is 0 Å². The van der Waals surface area contributed by atoms with Gasteiger partial charge in [-0.25, -0.2) is 9.37 Å². The van der Waals surface area contributed by atoms with Gasteiger partial charge in [-0.2, -0.15) is 5.10 Å². The zero-order chi connectivity index (χ0) is 21.3. The Labute approximate surface area is 183 Å². The van der Waals surface area contributed by atoms with Crippen LogP contribution in [0.5, 0.6) is 0 Å². The number of hydrogen-bond acceptors (Lipinski definition) is 4. The third kappa shape index (κ3) is 4.64. The molecule has 0 bridgehead atoms. The minimum absolute atomic E-state index is 0.0648. The van der Waals surface area contributed by atoms with Crippen molar-refractivity contribution < 1.29 is 13.9 Å². The first-order chi connectivity index (χ1) is 14.4. The lowest BCUT2D eigenvalue weighted by Crippen LogP contribution is -2.17. The number of carbonyl (C=O) groups is 1. The van der Waals surface area contributed by atoms with Crippen LogP contribution in [-0.2, 0) is 16.1 Å². The van der Waals surface area contributed by atoms with Gasteiger partial charge in [0.25, 0.3) is 5.91 Å². The Morgan fingerprint density at radius 3 is 2.70 bits per heavy atom. The minimum atomic E-state index is -0.711. The normalized spacial score (nSPS) is 17.0. The molecule has 2 heterocycles.